The van der Waals surface area contributed by atoms with Crippen molar-refractivity contribution in [1.82, 2.24) is 9.13 Å². The third-order valence-corrected chi connectivity index (χ3v) is 5.34. The molecule has 4 rings (SSSR count). The van der Waals surface area contributed by atoms with Gasteiger partial charge in [0.1, 0.15) is 6.54 Å². The van der Waals surface area contributed by atoms with E-state index in [0.29, 0.717) is 17.3 Å². The SMILES string of the molecule is COc1ccc(NC(=O)Cn2c(=O)n(CCc3ccccc3)c(=O)c3ccccc32)cc1F. The normalized spacial score (nSPS) is 10.8. The second-order valence-electron chi connectivity index (χ2n) is 7.48. The number of para-hydroxylation sites is 1. The number of carbonyl (C=O) groups is 1. The predicted octanol–water partition coefficient (Wildman–Crippen LogP) is 3.19. The molecule has 0 bridgehead atoms. The number of anilines is 1. The molecule has 0 radical (unpaired) electrons. The van der Waals surface area contributed by atoms with Crippen molar-refractivity contribution in [2.75, 3.05) is 12.4 Å². The Kier molecular flexibility index (Phi) is 6.35. The number of halogens is 1. The predicted molar refractivity (Wildman–Crippen MR) is 124 cm³/mol. The van der Waals surface area contributed by atoms with Gasteiger partial charge in [-0.25, -0.2) is 9.18 Å². The minimum absolute atomic E-state index is 0.0562. The van der Waals surface area contributed by atoms with Gasteiger partial charge in [-0.05, 0) is 36.2 Å². The average Bonchev–Trinajstić information content (AvgIpc) is 2.82. The van der Waals surface area contributed by atoms with Gasteiger partial charge in [0.2, 0.25) is 5.91 Å². The van der Waals surface area contributed by atoms with Crippen molar-refractivity contribution < 1.29 is 13.9 Å². The fraction of sp³-hybridized carbons (Fsp3) is 0.160. The number of nitrogens with one attached hydrogen (secondary N) is 1. The minimum atomic E-state index is -0.618. The Balaban J connectivity index is 1.66. The smallest absolute Gasteiger partial charge is 0.331 e. The van der Waals surface area contributed by atoms with Gasteiger partial charge in [-0.1, -0.05) is 42.5 Å². The molecule has 1 aromatic heterocycles. The fourth-order valence-electron chi connectivity index (χ4n) is 3.69. The summed E-state index contributed by atoms with van der Waals surface area (Å²) in [5.74, 6) is -1.09. The van der Waals surface area contributed by atoms with Crippen LogP contribution in [0.4, 0.5) is 10.1 Å². The molecule has 168 valence electrons. The van der Waals surface area contributed by atoms with Gasteiger partial charge < -0.3 is 10.1 Å². The zero-order valence-electron chi connectivity index (χ0n) is 18.0. The summed E-state index contributed by atoms with van der Waals surface area (Å²) in [6.45, 7) is -0.156. The first-order valence-corrected chi connectivity index (χ1v) is 10.4. The van der Waals surface area contributed by atoms with Crippen LogP contribution in [-0.2, 0) is 24.3 Å². The number of aryl methyl sites for hydroxylation is 1. The van der Waals surface area contributed by atoms with Crippen LogP contribution in [0.3, 0.4) is 0 Å². The molecule has 8 heteroatoms. The van der Waals surface area contributed by atoms with Gasteiger partial charge in [0.05, 0.1) is 18.0 Å². The largest absolute Gasteiger partial charge is 0.494 e. The molecule has 1 N–H and O–H groups in total. The summed E-state index contributed by atoms with van der Waals surface area (Å²) >= 11 is 0. The maximum atomic E-state index is 14.0. The fourth-order valence-corrected chi connectivity index (χ4v) is 3.69. The first-order valence-electron chi connectivity index (χ1n) is 10.4. The highest BCUT2D eigenvalue weighted by molar-refractivity contribution is 5.91. The maximum absolute atomic E-state index is 14.0. The van der Waals surface area contributed by atoms with Crippen molar-refractivity contribution in [2.24, 2.45) is 0 Å². The van der Waals surface area contributed by atoms with Crippen LogP contribution in [0, 0.1) is 5.82 Å². The summed E-state index contributed by atoms with van der Waals surface area (Å²) in [6.07, 6.45) is 0.492. The van der Waals surface area contributed by atoms with Gasteiger partial charge in [0.25, 0.3) is 5.56 Å². The second kappa shape index (κ2) is 9.52. The van der Waals surface area contributed by atoms with Crippen LogP contribution in [0.5, 0.6) is 5.75 Å². The molecular weight excluding hydrogens is 425 g/mol. The number of fused-ring (bicyclic) bond motifs is 1. The van der Waals surface area contributed by atoms with Crippen molar-refractivity contribution in [2.45, 2.75) is 19.5 Å². The molecular formula is C25H22FN3O4. The number of benzene rings is 3. The van der Waals surface area contributed by atoms with Crippen LogP contribution < -0.4 is 21.3 Å². The first-order chi connectivity index (χ1) is 16.0. The Morgan fingerprint density at radius 2 is 1.70 bits per heavy atom. The maximum Gasteiger partial charge on any atom is 0.331 e. The molecule has 1 heterocycles. The average molecular weight is 447 g/mol. The molecule has 7 nitrogen and oxygen atoms in total. The summed E-state index contributed by atoms with van der Waals surface area (Å²) in [5, 5.41) is 2.93. The number of ether oxygens (including phenoxy) is 1. The van der Waals surface area contributed by atoms with Crippen LogP contribution >= 0.6 is 0 Å². The standard InChI is InChI=1S/C25H22FN3O4/c1-33-22-12-11-18(15-20(22)26)27-23(30)16-29-21-10-6-5-9-19(21)24(31)28(25(29)32)14-13-17-7-3-2-4-8-17/h2-12,15H,13-14,16H2,1H3,(H,27,30). The molecule has 33 heavy (non-hydrogen) atoms. The molecule has 0 saturated heterocycles. The quantitative estimate of drug-likeness (QED) is 0.472. The number of methoxy groups -OCH3 is 1. The van der Waals surface area contributed by atoms with Gasteiger partial charge >= 0.3 is 5.69 Å². The number of amides is 1. The van der Waals surface area contributed by atoms with Crippen LogP contribution in [0.2, 0.25) is 0 Å². The topological polar surface area (TPSA) is 82.3 Å². The highest BCUT2D eigenvalue weighted by atomic mass is 19.1. The third-order valence-electron chi connectivity index (χ3n) is 5.34. The lowest BCUT2D eigenvalue weighted by molar-refractivity contribution is -0.116. The van der Waals surface area contributed by atoms with Crippen LogP contribution in [0.1, 0.15) is 5.56 Å². The van der Waals surface area contributed by atoms with E-state index in [2.05, 4.69) is 5.32 Å². The molecule has 1 amide bonds. The van der Waals surface area contributed by atoms with Crippen LogP contribution in [0.25, 0.3) is 10.9 Å². The van der Waals surface area contributed by atoms with Gasteiger partial charge in [0.15, 0.2) is 11.6 Å². The summed E-state index contributed by atoms with van der Waals surface area (Å²) in [6, 6.07) is 20.2. The molecule has 0 aliphatic carbocycles. The summed E-state index contributed by atoms with van der Waals surface area (Å²) < 4.78 is 21.2. The van der Waals surface area contributed by atoms with E-state index in [1.165, 1.54) is 23.8 Å². The third kappa shape index (κ3) is 4.69. The van der Waals surface area contributed by atoms with Gasteiger partial charge in [0, 0.05) is 18.3 Å². The number of aromatic nitrogens is 2. The van der Waals surface area contributed by atoms with E-state index in [-0.39, 0.29) is 24.5 Å². The van der Waals surface area contributed by atoms with E-state index in [1.807, 2.05) is 30.3 Å². The number of rotatable bonds is 7. The monoisotopic (exact) mass is 447 g/mol. The van der Waals surface area contributed by atoms with Gasteiger partial charge in [-0.2, -0.15) is 0 Å². The van der Waals surface area contributed by atoms with E-state index in [1.54, 1.807) is 24.3 Å². The Morgan fingerprint density at radius 3 is 2.42 bits per heavy atom. The molecule has 0 aliphatic heterocycles. The molecule has 0 unspecified atom stereocenters. The van der Waals surface area contributed by atoms with E-state index < -0.39 is 23.0 Å². The van der Waals surface area contributed by atoms with Crippen LogP contribution in [-0.4, -0.2) is 22.2 Å². The zero-order valence-corrected chi connectivity index (χ0v) is 18.0. The van der Waals surface area contributed by atoms with E-state index in [9.17, 15) is 18.8 Å². The van der Waals surface area contributed by atoms with E-state index in [0.717, 1.165) is 16.2 Å². The van der Waals surface area contributed by atoms with E-state index >= 15 is 0 Å². The van der Waals surface area contributed by atoms with Gasteiger partial charge in [-0.3, -0.25) is 18.7 Å². The lowest BCUT2D eigenvalue weighted by Gasteiger charge is -2.14. The number of hydrogen-bond acceptors (Lipinski definition) is 4. The summed E-state index contributed by atoms with van der Waals surface area (Å²) in [5.41, 5.74) is 0.599. The Bertz CT molecular complexity index is 1430. The molecule has 0 saturated carbocycles. The first kappa shape index (κ1) is 22.0. The minimum Gasteiger partial charge on any atom is -0.494 e. The molecule has 0 aliphatic rings. The van der Waals surface area contributed by atoms with Gasteiger partial charge in [-0.15, -0.1) is 0 Å². The highest BCUT2D eigenvalue weighted by Gasteiger charge is 2.16. The lowest BCUT2D eigenvalue weighted by atomic mass is 10.1. The number of nitrogens with zero attached hydrogens (tertiary/aromatic N) is 2. The summed E-state index contributed by atoms with van der Waals surface area (Å²) in [4.78, 5) is 38.9. The van der Waals surface area contributed by atoms with Crippen molar-refractivity contribution in [3.63, 3.8) is 0 Å². The Hall–Kier alpha value is -4.20. The Morgan fingerprint density at radius 1 is 0.970 bits per heavy atom. The molecule has 4 aromatic rings. The van der Waals surface area contributed by atoms with Crippen molar-refractivity contribution >= 4 is 22.5 Å². The van der Waals surface area contributed by atoms with Crippen molar-refractivity contribution in [3.8, 4) is 5.75 Å². The van der Waals surface area contributed by atoms with Crippen molar-refractivity contribution in [3.05, 3.63) is 105 Å². The lowest BCUT2D eigenvalue weighted by Crippen LogP contribution is -2.42. The zero-order chi connectivity index (χ0) is 23.4. The van der Waals surface area contributed by atoms with Crippen LogP contribution in [0.15, 0.2) is 82.4 Å². The Labute approximate surface area is 188 Å². The highest BCUT2D eigenvalue weighted by Crippen LogP contribution is 2.20. The second-order valence-corrected chi connectivity index (χ2v) is 7.48. The number of carbonyl (C=O) groups excluding carboxylic acids is 1. The molecule has 0 fully saturated rings. The molecule has 0 atom stereocenters. The number of hydrogen-bond donors (Lipinski definition) is 1. The van der Waals surface area contributed by atoms with E-state index in [4.69, 9.17) is 4.74 Å². The van der Waals surface area contributed by atoms with Crippen molar-refractivity contribution in [1.29, 1.82) is 0 Å². The molecule has 0 spiro atoms. The summed E-state index contributed by atoms with van der Waals surface area (Å²) in [7, 11) is 1.35. The molecule has 3 aromatic carbocycles.